The summed E-state index contributed by atoms with van der Waals surface area (Å²) in [7, 11) is 0. The minimum atomic E-state index is 0.582. The number of hydrogen-bond donors (Lipinski definition) is 1. The van der Waals surface area contributed by atoms with E-state index >= 15 is 0 Å². The normalized spacial score (nSPS) is 20.5. The smallest absolute Gasteiger partial charge is 0.0406 e. The highest BCUT2D eigenvalue weighted by molar-refractivity contribution is 6.30. The molecule has 0 spiro atoms. The highest BCUT2D eigenvalue weighted by Gasteiger charge is 2.21. The Morgan fingerprint density at radius 3 is 2.70 bits per heavy atom. The van der Waals surface area contributed by atoms with E-state index in [1.54, 1.807) is 0 Å². The molecule has 20 heavy (non-hydrogen) atoms. The van der Waals surface area contributed by atoms with E-state index in [1.165, 1.54) is 44.5 Å². The van der Waals surface area contributed by atoms with Crippen LogP contribution in [0.25, 0.3) is 0 Å². The summed E-state index contributed by atoms with van der Waals surface area (Å²) in [5.74, 6) is 0. The van der Waals surface area contributed by atoms with Gasteiger partial charge in [0.25, 0.3) is 0 Å². The van der Waals surface area contributed by atoms with E-state index in [4.69, 9.17) is 11.6 Å². The van der Waals surface area contributed by atoms with Crippen LogP contribution in [-0.2, 0) is 6.42 Å². The van der Waals surface area contributed by atoms with Gasteiger partial charge in [-0.3, -0.25) is 4.90 Å². The number of hydrogen-bond acceptors (Lipinski definition) is 2. The summed E-state index contributed by atoms with van der Waals surface area (Å²) in [6, 6.07) is 9.55. The standard InChI is InChI=1S/C17H27ClN2/c1-3-11-20(13-17-5-4-10-19-17)14(2)12-15-6-8-16(18)9-7-15/h6-9,14,17,19H,3-5,10-13H2,1-2H3. The van der Waals surface area contributed by atoms with Crippen LogP contribution in [0.2, 0.25) is 5.02 Å². The van der Waals surface area contributed by atoms with Gasteiger partial charge >= 0.3 is 0 Å². The third kappa shape index (κ3) is 4.76. The SMILES string of the molecule is CCCN(CC1CCCN1)C(C)Cc1ccc(Cl)cc1. The molecule has 0 aliphatic carbocycles. The minimum absolute atomic E-state index is 0.582. The molecule has 0 bridgehead atoms. The molecule has 2 nitrogen and oxygen atoms in total. The molecule has 1 aromatic rings. The third-order valence-corrected chi connectivity index (χ3v) is 4.45. The molecule has 1 aliphatic rings. The Hall–Kier alpha value is -0.570. The zero-order valence-corrected chi connectivity index (χ0v) is 13.5. The molecule has 2 atom stereocenters. The number of rotatable bonds is 7. The average Bonchev–Trinajstić information content (AvgIpc) is 2.94. The van der Waals surface area contributed by atoms with Crippen LogP contribution in [0.3, 0.4) is 0 Å². The van der Waals surface area contributed by atoms with E-state index in [1.807, 2.05) is 12.1 Å². The second kappa shape index (κ2) is 8.02. The fourth-order valence-electron chi connectivity index (χ4n) is 3.07. The highest BCUT2D eigenvalue weighted by Crippen LogP contribution is 2.15. The molecule has 1 N–H and O–H groups in total. The Labute approximate surface area is 128 Å². The lowest BCUT2D eigenvalue weighted by Gasteiger charge is -2.31. The lowest BCUT2D eigenvalue weighted by molar-refractivity contribution is 0.190. The second-order valence-corrected chi connectivity index (χ2v) is 6.40. The average molecular weight is 295 g/mol. The van der Waals surface area contributed by atoms with Crippen molar-refractivity contribution in [3.8, 4) is 0 Å². The topological polar surface area (TPSA) is 15.3 Å². The van der Waals surface area contributed by atoms with Crippen molar-refractivity contribution >= 4 is 11.6 Å². The van der Waals surface area contributed by atoms with Crippen molar-refractivity contribution < 1.29 is 0 Å². The van der Waals surface area contributed by atoms with Gasteiger partial charge in [-0.05, 0) is 63.4 Å². The summed E-state index contributed by atoms with van der Waals surface area (Å²) in [5.41, 5.74) is 1.38. The van der Waals surface area contributed by atoms with Gasteiger partial charge in [0.05, 0.1) is 0 Å². The maximum Gasteiger partial charge on any atom is 0.0406 e. The molecule has 0 aromatic heterocycles. The molecule has 2 unspecified atom stereocenters. The first-order valence-electron chi connectivity index (χ1n) is 7.91. The minimum Gasteiger partial charge on any atom is -0.313 e. The van der Waals surface area contributed by atoms with Gasteiger partial charge < -0.3 is 5.32 Å². The van der Waals surface area contributed by atoms with Gasteiger partial charge in [-0.1, -0.05) is 30.7 Å². The van der Waals surface area contributed by atoms with Crippen molar-refractivity contribution in [3.05, 3.63) is 34.9 Å². The van der Waals surface area contributed by atoms with E-state index in [0.717, 1.165) is 11.4 Å². The molecule has 2 rings (SSSR count). The molecule has 0 amide bonds. The van der Waals surface area contributed by atoms with Crippen molar-refractivity contribution in [1.29, 1.82) is 0 Å². The van der Waals surface area contributed by atoms with Crippen LogP contribution in [-0.4, -0.2) is 36.6 Å². The number of halogens is 1. The maximum atomic E-state index is 5.96. The van der Waals surface area contributed by atoms with E-state index in [2.05, 4.69) is 36.2 Å². The molecule has 0 saturated carbocycles. The fraction of sp³-hybridized carbons (Fsp3) is 0.647. The zero-order chi connectivity index (χ0) is 14.4. The van der Waals surface area contributed by atoms with Crippen molar-refractivity contribution in [2.24, 2.45) is 0 Å². The Morgan fingerprint density at radius 2 is 2.10 bits per heavy atom. The van der Waals surface area contributed by atoms with Gasteiger partial charge in [0.1, 0.15) is 0 Å². The van der Waals surface area contributed by atoms with Crippen molar-refractivity contribution in [3.63, 3.8) is 0 Å². The number of benzene rings is 1. The van der Waals surface area contributed by atoms with Crippen LogP contribution in [0.4, 0.5) is 0 Å². The molecular weight excluding hydrogens is 268 g/mol. The fourth-order valence-corrected chi connectivity index (χ4v) is 3.19. The molecule has 1 heterocycles. The van der Waals surface area contributed by atoms with Gasteiger partial charge in [-0.2, -0.15) is 0 Å². The first-order chi connectivity index (χ1) is 9.69. The highest BCUT2D eigenvalue weighted by atomic mass is 35.5. The lowest BCUT2D eigenvalue weighted by Crippen LogP contribution is -2.43. The summed E-state index contributed by atoms with van der Waals surface area (Å²) in [6.07, 6.45) is 4.98. The van der Waals surface area contributed by atoms with Gasteiger partial charge in [0.2, 0.25) is 0 Å². The number of nitrogens with one attached hydrogen (secondary N) is 1. The molecule has 112 valence electrons. The summed E-state index contributed by atoms with van der Waals surface area (Å²) >= 11 is 5.96. The van der Waals surface area contributed by atoms with Crippen LogP contribution in [0, 0.1) is 0 Å². The summed E-state index contributed by atoms with van der Waals surface area (Å²) < 4.78 is 0. The van der Waals surface area contributed by atoms with Gasteiger partial charge in [0.15, 0.2) is 0 Å². The summed E-state index contributed by atoms with van der Waals surface area (Å²) in [5, 5.41) is 4.43. The first kappa shape index (κ1) is 15.8. The van der Waals surface area contributed by atoms with Crippen LogP contribution < -0.4 is 5.32 Å². The van der Waals surface area contributed by atoms with Crippen molar-refractivity contribution in [1.82, 2.24) is 10.2 Å². The molecule has 1 saturated heterocycles. The van der Waals surface area contributed by atoms with Gasteiger partial charge in [0, 0.05) is 23.7 Å². The van der Waals surface area contributed by atoms with Crippen molar-refractivity contribution in [2.75, 3.05) is 19.6 Å². The van der Waals surface area contributed by atoms with Crippen LogP contribution >= 0.6 is 11.6 Å². The number of nitrogens with zero attached hydrogens (tertiary/aromatic N) is 1. The van der Waals surface area contributed by atoms with Gasteiger partial charge in [-0.25, -0.2) is 0 Å². The summed E-state index contributed by atoms with van der Waals surface area (Å²) in [6.45, 7) is 8.18. The molecule has 3 heteroatoms. The largest absolute Gasteiger partial charge is 0.313 e. The second-order valence-electron chi connectivity index (χ2n) is 5.97. The maximum absolute atomic E-state index is 5.96. The monoisotopic (exact) mass is 294 g/mol. The Kier molecular flexibility index (Phi) is 6.34. The van der Waals surface area contributed by atoms with Crippen LogP contribution in [0.5, 0.6) is 0 Å². The van der Waals surface area contributed by atoms with E-state index < -0.39 is 0 Å². The Morgan fingerprint density at radius 1 is 1.35 bits per heavy atom. The van der Waals surface area contributed by atoms with Crippen molar-refractivity contribution in [2.45, 2.75) is 51.6 Å². The summed E-state index contributed by atoms with van der Waals surface area (Å²) in [4.78, 5) is 2.64. The zero-order valence-electron chi connectivity index (χ0n) is 12.7. The van der Waals surface area contributed by atoms with E-state index in [-0.39, 0.29) is 0 Å². The molecule has 1 aromatic carbocycles. The van der Waals surface area contributed by atoms with Gasteiger partial charge in [-0.15, -0.1) is 0 Å². The first-order valence-corrected chi connectivity index (χ1v) is 8.28. The van der Waals surface area contributed by atoms with Crippen LogP contribution in [0.15, 0.2) is 24.3 Å². The van der Waals surface area contributed by atoms with E-state index in [9.17, 15) is 0 Å². The third-order valence-electron chi connectivity index (χ3n) is 4.20. The molecular formula is C17H27ClN2. The van der Waals surface area contributed by atoms with Crippen LogP contribution in [0.1, 0.15) is 38.7 Å². The molecule has 0 radical (unpaired) electrons. The lowest BCUT2D eigenvalue weighted by atomic mass is 10.0. The quantitative estimate of drug-likeness (QED) is 0.824. The molecule has 1 aliphatic heterocycles. The molecule has 1 fully saturated rings. The Balaban J connectivity index is 1.91. The predicted octanol–water partition coefficient (Wildman–Crippen LogP) is 3.74. The Bertz CT molecular complexity index is 384. The van der Waals surface area contributed by atoms with E-state index in [0.29, 0.717) is 12.1 Å². The predicted molar refractivity (Wildman–Crippen MR) is 87.5 cm³/mol.